The van der Waals surface area contributed by atoms with Crippen LogP contribution < -0.4 is 5.32 Å². The van der Waals surface area contributed by atoms with Gasteiger partial charge in [0.1, 0.15) is 0 Å². The van der Waals surface area contributed by atoms with Gasteiger partial charge in [-0.1, -0.05) is 24.3 Å². The number of piperazine rings is 1. The van der Waals surface area contributed by atoms with Crippen LogP contribution in [-0.2, 0) is 6.54 Å². The molecule has 0 saturated carbocycles. The summed E-state index contributed by atoms with van der Waals surface area (Å²) in [5.41, 5.74) is 3.33. The minimum absolute atomic E-state index is 0.0143. The van der Waals surface area contributed by atoms with Crippen molar-refractivity contribution in [3.8, 4) is 0 Å². The predicted octanol–water partition coefficient (Wildman–Crippen LogP) is 3.52. The molecule has 1 saturated heterocycles. The first-order valence-corrected chi connectivity index (χ1v) is 8.67. The van der Waals surface area contributed by atoms with E-state index in [2.05, 4.69) is 39.5 Å². The number of fused-ring (bicyclic) bond motifs is 1. The summed E-state index contributed by atoms with van der Waals surface area (Å²) in [5, 5.41) is 4.21. The van der Waals surface area contributed by atoms with E-state index in [-0.39, 0.29) is 6.03 Å². The molecule has 0 atom stereocenters. The summed E-state index contributed by atoms with van der Waals surface area (Å²) < 4.78 is 0. The van der Waals surface area contributed by atoms with Crippen LogP contribution in [0.15, 0.2) is 60.8 Å². The second-order valence-corrected chi connectivity index (χ2v) is 6.46. The maximum Gasteiger partial charge on any atom is 0.321 e. The van der Waals surface area contributed by atoms with E-state index in [0.717, 1.165) is 38.4 Å². The number of nitrogens with zero attached hydrogens (tertiary/aromatic N) is 2. The SMILES string of the molecule is O=C(Nc1ccccc1)N1CCN(Cc2ccc3[nH]ccc3c2)CC1. The Hall–Kier alpha value is -2.79. The van der Waals surface area contributed by atoms with Crippen LogP contribution in [0.25, 0.3) is 10.9 Å². The zero-order valence-electron chi connectivity index (χ0n) is 14.1. The van der Waals surface area contributed by atoms with Crippen molar-refractivity contribution >= 4 is 22.6 Å². The number of urea groups is 1. The lowest BCUT2D eigenvalue weighted by atomic mass is 10.1. The Morgan fingerprint density at radius 3 is 2.60 bits per heavy atom. The number of rotatable bonds is 3. The van der Waals surface area contributed by atoms with Gasteiger partial charge >= 0.3 is 6.03 Å². The Balaban J connectivity index is 1.31. The van der Waals surface area contributed by atoms with Gasteiger partial charge in [-0.2, -0.15) is 0 Å². The molecule has 0 unspecified atom stereocenters. The number of amides is 2. The van der Waals surface area contributed by atoms with Crippen molar-refractivity contribution in [3.63, 3.8) is 0 Å². The molecule has 0 bridgehead atoms. The number of anilines is 1. The van der Waals surface area contributed by atoms with Gasteiger partial charge < -0.3 is 15.2 Å². The van der Waals surface area contributed by atoms with Crippen LogP contribution in [0.3, 0.4) is 0 Å². The summed E-state index contributed by atoms with van der Waals surface area (Å²) in [6.45, 7) is 4.23. The zero-order chi connectivity index (χ0) is 17.1. The first-order valence-electron chi connectivity index (χ1n) is 8.67. The highest BCUT2D eigenvalue weighted by Gasteiger charge is 2.21. The van der Waals surface area contributed by atoms with Crippen molar-refractivity contribution in [3.05, 3.63) is 66.4 Å². The Morgan fingerprint density at radius 1 is 1.00 bits per heavy atom. The summed E-state index contributed by atoms with van der Waals surface area (Å²) in [6, 6.07) is 18.2. The first kappa shape index (κ1) is 15.7. The second kappa shape index (κ2) is 6.99. The Bertz CT molecular complexity index is 850. The molecule has 3 aromatic rings. The van der Waals surface area contributed by atoms with E-state index < -0.39 is 0 Å². The van der Waals surface area contributed by atoms with E-state index in [1.54, 1.807) is 0 Å². The number of aromatic amines is 1. The van der Waals surface area contributed by atoms with Crippen LogP contribution in [0.2, 0.25) is 0 Å². The third kappa shape index (κ3) is 3.67. The molecule has 2 amide bonds. The van der Waals surface area contributed by atoms with Gasteiger partial charge in [0, 0.05) is 50.1 Å². The number of benzene rings is 2. The molecule has 128 valence electrons. The number of carbonyl (C=O) groups is 1. The average Bonchev–Trinajstić information content (AvgIpc) is 3.11. The molecule has 5 nitrogen and oxygen atoms in total. The third-order valence-electron chi connectivity index (χ3n) is 4.71. The molecule has 0 spiro atoms. The molecule has 0 radical (unpaired) electrons. The third-order valence-corrected chi connectivity index (χ3v) is 4.71. The van der Waals surface area contributed by atoms with E-state index in [1.807, 2.05) is 41.4 Å². The van der Waals surface area contributed by atoms with Crippen molar-refractivity contribution < 1.29 is 4.79 Å². The van der Waals surface area contributed by atoms with Gasteiger partial charge in [-0.25, -0.2) is 4.79 Å². The van der Waals surface area contributed by atoms with Gasteiger partial charge in [0.05, 0.1) is 0 Å². The highest BCUT2D eigenvalue weighted by molar-refractivity contribution is 5.89. The fourth-order valence-electron chi connectivity index (χ4n) is 3.29. The topological polar surface area (TPSA) is 51.4 Å². The second-order valence-electron chi connectivity index (χ2n) is 6.46. The number of H-pyrrole nitrogens is 1. The van der Waals surface area contributed by atoms with Gasteiger partial charge in [0.15, 0.2) is 0 Å². The Labute approximate surface area is 147 Å². The molecule has 0 aliphatic carbocycles. The molecule has 1 aromatic heterocycles. The molecule has 5 heteroatoms. The zero-order valence-corrected chi connectivity index (χ0v) is 14.1. The summed E-state index contributed by atoms with van der Waals surface area (Å²) >= 11 is 0. The first-order chi connectivity index (χ1) is 12.3. The summed E-state index contributed by atoms with van der Waals surface area (Å²) in [5.74, 6) is 0. The molecule has 1 aliphatic rings. The van der Waals surface area contributed by atoms with E-state index in [0.29, 0.717) is 0 Å². The largest absolute Gasteiger partial charge is 0.361 e. The van der Waals surface area contributed by atoms with Gasteiger partial charge in [-0.15, -0.1) is 0 Å². The van der Waals surface area contributed by atoms with E-state index in [9.17, 15) is 4.79 Å². The van der Waals surface area contributed by atoms with E-state index >= 15 is 0 Å². The number of nitrogens with one attached hydrogen (secondary N) is 2. The maximum absolute atomic E-state index is 12.3. The fourth-order valence-corrected chi connectivity index (χ4v) is 3.29. The normalized spacial score (nSPS) is 15.4. The lowest BCUT2D eigenvalue weighted by molar-refractivity contribution is 0.143. The fraction of sp³-hybridized carbons (Fsp3) is 0.250. The summed E-state index contributed by atoms with van der Waals surface area (Å²) in [6.07, 6.45) is 1.97. The number of aromatic nitrogens is 1. The van der Waals surface area contributed by atoms with Crippen LogP contribution in [0, 0.1) is 0 Å². The van der Waals surface area contributed by atoms with Crippen LogP contribution >= 0.6 is 0 Å². The van der Waals surface area contributed by atoms with Gasteiger partial charge in [0.25, 0.3) is 0 Å². The molecule has 25 heavy (non-hydrogen) atoms. The molecular weight excluding hydrogens is 312 g/mol. The highest BCUT2D eigenvalue weighted by Crippen LogP contribution is 2.17. The molecule has 4 rings (SSSR count). The molecular formula is C20H22N4O. The molecule has 2 aromatic carbocycles. The minimum Gasteiger partial charge on any atom is -0.361 e. The quantitative estimate of drug-likeness (QED) is 0.770. The number of para-hydroxylation sites is 1. The Kier molecular flexibility index (Phi) is 4.39. The number of hydrogen-bond donors (Lipinski definition) is 2. The lowest BCUT2D eigenvalue weighted by Crippen LogP contribution is -2.49. The van der Waals surface area contributed by atoms with Crippen LogP contribution in [0.1, 0.15) is 5.56 Å². The van der Waals surface area contributed by atoms with Gasteiger partial charge in [-0.05, 0) is 41.3 Å². The predicted molar refractivity (Wildman–Crippen MR) is 101 cm³/mol. The summed E-state index contributed by atoms with van der Waals surface area (Å²) in [4.78, 5) is 19.9. The van der Waals surface area contributed by atoms with E-state index in [4.69, 9.17) is 0 Å². The van der Waals surface area contributed by atoms with Gasteiger partial charge in [-0.3, -0.25) is 4.90 Å². The highest BCUT2D eigenvalue weighted by atomic mass is 16.2. The Morgan fingerprint density at radius 2 is 1.80 bits per heavy atom. The standard InChI is InChI=1S/C20H22N4O/c25-20(22-18-4-2-1-3-5-18)24-12-10-23(11-13-24)15-16-6-7-19-17(14-16)8-9-21-19/h1-9,14,21H,10-13,15H2,(H,22,25). The van der Waals surface area contributed by atoms with Crippen molar-refractivity contribution in [2.24, 2.45) is 0 Å². The monoisotopic (exact) mass is 334 g/mol. The number of hydrogen-bond acceptors (Lipinski definition) is 2. The van der Waals surface area contributed by atoms with Crippen LogP contribution in [-0.4, -0.2) is 47.0 Å². The van der Waals surface area contributed by atoms with Crippen LogP contribution in [0.4, 0.5) is 10.5 Å². The van der Waals surface area contributed by atoms with Gasteiger partial charge in [0.2, 0.25) is 0 Å². The summed E-state index contributed by atoms with van der Waals surface area (Å²) in [7, 11) is 0. The maximum atomic E-state index is 12.3. The lowest BCUT2D eigenvalue weighted by Gasteiger charge is -2.34. The van der Waals surface area contributed by atoms with E-state index in [1.165, 1.54) is 16.5 Å². The van der Waals surface area contributed by atoms with Crippen molar-refractivity contribution in [1.29, 1.82) is 0 Å². The minimum atomic E-state index is -0.0143. The van der Waals surface area contributed by atoms with Crippen molar-refractivity contribution in [1.82, 2.24) is 14.8 Å². The molecule has 2 N–H and O–H groups in total. The number of carbonyl (C=O) groups excluding carboxylic acids is 1. The molecule has 1 fully saturated rings. The van der Waals surface area contributed by atoms with Crippen LogP contribution in [0.5, 0.6) is 0 Å². The average molecular weight is 334 g/mol. The molecule has 2 heterocycles. The smallest absolute Gasteiger partial charge is 0.321 e. The van der Waals surface area contributed by atoms with Crippen molar-refractivity contribution in [2.75, 3.05) is 31.5 Å². The molecule has 1 aliphatic heterocycles. The van der Waals surface area contributed by atoms with Crippen molar-refractivity contribution in [2.45, 2.75) is 6.54 Å².